The third-order valence-corrected chi connectivity index (χ3v) is 1.67. The molecule has 0 unspecified atom stereocenters. The van der Waals surface area contributed by atoms with Crippen LogP contribution >= 0.6 is 0 Å². The lowest BCUT2D eigenvalue weighted by atomic mass is 10.2. The molecule has 6 heteroatoms. The molecule has 13 heavy (non-hydrogen) atoms. The Balaban J connectivity index is 2.48. The third kappa shape index (κ3) is 1.49. The number of rotatable bonds is 2. The average Bonchev–Trinajstić information content (AvgIpc) is 2.51. The van der Waals surface area contributed by atoms with E-state index in [1.807, 2.05) is 6.07 Å². The molecular weight excluding hydrogens is 171 g/mol. The predicted octanol–water partition coefficient (Wildman–Crippen LogP) is -0.0888. The van der Waals surface area contributed by atoms with Crippen molar-refractivity contribution in [2.45, 2.75) is 0 Å². The second-order valence-electron chi connectivity index (χ2n) is 2.53. The molecule has 3 N–H and O–H groups in total. The van der Waals surface area contributed by atoms with Crippen LogP contribution in [0.15, 0.2) is 24.4 Å². The van der Waals surface area contributed by atoms with E-state index in [0.717, 1.165) is 5.39 Å². The normalized spacial score (nSPS) is 10.3. The lowest BCUT2D eigenvalue weighted by molar-refractivity contribution is 0.289. The van der Waals surface area contributed by atoms with Crippen molar-refractivity contribution in [2.75, 3.05) is 0 Å². The second-order valence-corrected chi connectivity index (χ2v) is 2.53. The van der Waals surface area contributed by atoms with Gasteiger partial charge in [0.1, 0.15) is 11.3 Å². The first-order valence-corrected chi connectivity index (χ1v) is 3.72. The summed E-state index contributed by atoms with van der Waals surface area (Å²) >= 11 is 0. The molecule has 0 aliphatic heterocycles. The summed E-state index contributed by atoms with van der Waals surface area (Å²) in [6, 6.07) is 5.21. The highest BCUT2D eigenvalue weighted by molar-refractivity contribution is 6.34. The highest BCUT2D eigenvalue weighted by Gasteiger charge is 2.13. The van der Waals surface area contributed by atoms with Crippen molar-refractivity contribution in [3.8, 4) is 5.75 Å². The molecule has 0 aliphatic carbocycles. The van der Waals surface area contributed by atoms with Gasteiger partial charge in [0.05, 0.1) is 6.20 Å². The molecule has 0 aliphatic rings. The van der Waals surface area contributed by atoms with E-state index in [0.29, 0.717) is 11.3 Å². The first kappa shape index (κ1) is 8.09. The van der Waals surface area contributed by atoms with Crippen LogP contribution in [0.4, 0.5) is 0 Å². The van der Waals surface area contributed by atoms with Gasteiger partial charge < -0.3 is 14.7 Å². The molecule has 0 bridgehead atoms. The number of para-hydroxylation sites is 1. The van der Waals surface area contributed by atoms with Gasteiger partial charge in [-0.25, -0.2) is 0 Å². The van der Waals surface area contributed by atoms with Crippen molar-refractivity contribution >= 4 is 18.2 Å². The predicted molar refractivity (Wildman–Crippen MR) is 46.9 cm³/mol. The van der Waals surface area contributed by atoms with Crippen molar-refractivity contribution in [1.29, 1.82) is 0 Å². The van der Waals surface area contributed by atoms with Gasteiger partial charge >= 0.3 is 7.32 Å². The van der Waals surface area contributed by atoms with E-state index in [1.54, 1.807) is 18.3 Å². The zero-order valence-electron chi connectivity index (χ0n) is 6.64. The molecule has 0 saturated carbocycles. The molecule has 66 valence electrons. The number of aromatic amines is 1. The Labute approximate surface area is 74.1 Å². The van der Waals surface area contributed by atoms with Crippen molar-refractivity contribution < 1.29 is 14.7 Å². The molecule has 0 fully saturated rings. The SMILES string of the molecule is OB(O)Oc1cccc2cn[nH]c12. The monoisotopic (exact) mass is 178 g/mol. The van der Waals surface area contributed by atoms with E-state index >= 15 is 0 Å². The van der Waals surface area contributed by atoms with Crippen molar-refractivity contribution in [1.82, 2.24) is 10.2 Å². The fourth-order valence-electron chi connectivity index (χ4n) is 1.15. The summed E-state index contributed by atoms with van der Waals surface area (Å²) in [6.07, 6.45) is 1.63. The van der Waals surface area contributed by atoms with Crippen LogP contribution in [0.2, 0.25) is 0 Å². The van der Waals surface area contributed by atoms with Crippen LogP contribution in [0, 0.1) is 0 Å². The molecule has 1 heterocycles. The summed E-state index contributed by atoms with van der Waals surface area (Å²) in [5, 5.41) is 24.6. The van der Waals surface area contributed by atoms with Crippen molar-refractivity contribution in [3.63, 3.8) is 0 Å². The largest absolute Gasteiger partial charge is 0.707 e. The molecule has 1 aromatic carbocycles. The van der Waals surface area contributed by atoms with Gasteiger partial charge in [-0.05, 0) is 6.07 Å². The quantitative estimate of drug-likeness (QED) is 0.561. The first-order chi connectivity index (χ1) is 6.27. The second kappa shape index (κ2) is 3.08. The van der Waals surface area contributed by atoms with Crippen LogP contribution in [0.3, 0.4) is 0 Å². The van der Waals surface area contributed by atoms with Gasteiger partial charge in [0.15, 0.2) is 0 Å². The summed E-state index contributed by atoms with van der Waals surface area (Å²) < 4.78 is 4.73. The minimum atomic E-state index is -1.81. The van der Waals surface area contributed by atoms with E-state index in [2.05, 4.69) is 10.2 Å². The number of nitrogens with one attached hydrogen (secondary N) is 1. The topological polar surface area (TPSA) is 78.4 Å². The maximum absolute atomic E-state index is 8.60. The van der Waals surface area contributed by atoms with Gasteiger partial charge in [-0.15, -0.1) is 0 Å². The van der Waals surface area contributed by atoms with Gasteiger partial charge in [-0.1, -0.05) is 12.1 Å². The molecule has 0 radical (unpaired) electrons. The maximum atomic E-state index is 8.60. The Morgan fingerprint density at radius 2 is 2.23 bits per heavy atom. The van der Waals surface area contributed by atoms with E-state index in [9.17, 15) is 0 Å². The number of H-pyrrole nitrogens is 1. The van der Waals surface area contributed by atoms with Crippen LogP contribution in [-0.4, -0.2) is 27.6 Å². The van der Waals surface area contributed by atoms with Gasteiger partial charge in [0.25, 0.3) is 0 Å². The fraction of sp³-hybridized carbons (Fsp3) is 0. The Kier molecular flexibility index (Phi) is 1.92. The van der Waals surface area contributed by atoms with Crippen LogP contribution in [0.5, 0.6) is 5.75 Å². The standard InChI is InChI=1S/C7H7BN2O3/c11-8(12)13-6-3-1-2-5-4-9-10-7(5)6/h1-4,11-12H,(H,9,10). The van der Waals surface area contributed by atoms with E-state index in [-0.39, 0.29) is 0 Å². The molecule has 0 amide bonds. The van der Waals surface area contributed by atoms with Crippen LogP contribution in [0.25, 0.3) is 10.9 Å². The number of benzene rings is 1. The molecule has 0 spiro atoms. The lowest BCUT2D eigenvalue weighted by Gasteiger charge is -2.04. The Hall–Kier alpha value is -1.53. The summed E-state index contributed by atoms with van der Waals surface area (Å²) in [5.74, 6) is 0.366. The lowest BCUT2D eigenvalue weighted by Crippen LogP contribution is -2.20. The maximum Gasteiger partial charge on any atom is 0.707 e. The van der Waals surface area contributed by atoms with Gasteiger partial charge in [-0.3, -0.25) is 5.10 Å². The minimum absolute atomic E-state index is 0.366. The third-order valence-electron chi connectivity index (χ3n) is 1.67. The smallest absolute Gasteiger partial charge is 0.510 e. The van der Waals surface area contributed by atoms with Gasteiger partial charge in [0, 0.05) is 5.39 Å². The van der Waals surface area contributed by atoms with E-state index < -0.39 is 7.32 Å². The molecule has 2 aromatic rings. The number of fused-ring (bicyclic) bond motifs is 1. The first-order valence-electron chi connectivity index (χ1n) is 3.72. The van der Waals surface area contributed by atoms with E-state index in [4.69, 9.17) is 14.7 Å². The number of nitrogens with zero attached hydrogens (tertiary/aromatic N) is 1. The van der Waals surface area contributed by atoms with Crippen LogP contribution < -0.4 is 4.65 Å². The highest BCUT2D eigenvalue weighted by Crippen LogP contribution is 2.22. The van der Waals surface area contributed by atoms with Crippen LogP contribution in [-0.2, 0) is 0 Å². The molecule has 0 saturated heterocycles. The summed E-state index contributed by atoms with van der Waals surface area (Å²) in [6.45, 7) is 0. The molecule has 2 rings (SSSR count). The zero-order valence-corrected chi connectivity index (χ0v) is 6.64. The Morgan fingerprint density at radius 1 is 1.38 bits per heavy atom. The average molecular weight is 178 g/mol. The van der Waals surface area contributed by atoms with Gasteiger partial charge in [-0.2, -0.15) is 5.10 Å². The number of hydrogen-bond donors (Lipinski definition) is 3. The zero-order chi connectivity index (χ0) is 9.26. The molecular formula is C7H7BN2O3. The fourth-order valence-corrected chi connectivity index (χ4v) is 1.15. The number of aromatic nitrogens is 2. The summed E-state index contributed by atoms with van der Waals surface area (Å²) in [5.41, 5.74) is 0.649. The van der Waals surface area contributed by atoms with Crippen molar-refractivity contribution in [3.05, 3.63) is 24.4 Å². The Morgan fingerprint density at radius 3 is 3.00 bits per heavy atom. The van der Waals surface area contributed by atoms with Gasteiger partial charge in [0.2, 0.25) is 0 Å². The van der Waals surface area contributed by atoms with Crippen LogP contribution in [0.1, 0.15) is 0 Å². The summed E-state index contributed by atoms with van der Waals surface area (Å²) in [7, 11) is -1.81. The molecule has 1 aromatic heterocycles. The highest BCUT2D eigenvalue weighted by atomic mass is 16.6. The number of hydrogen-bond acceptors (Lipinski definition) is 4. The Bertz CT molecular complexity index is 415. The summed E-state index contributed by atoms with van der Waals surface area (Å²) in [4.78, 5) is 0. The molecule has 0 atom stereocenters. The minimum Gasteiger partial charge on any atom is -0.510 e. The van der Waals surface area contributed by atoms with E-state index in [1.165, 1.54) is 0 Å². The van der Waals surface area contributed by atoms with Crippen molar-refractivity contribution in [2.24, 2.45) is 0 Å². The molecule has 5 nitrogen and oxygen atoms in total.